The number of aromatic nitrogens is 2. The van der Waals surface area contributed by atoms with E-state index >= 15 is 0 Å². The lowest BCUT2D eigenvalue weighted by Gasteiger charge is -2.23. The Bertz CT molecular complexity index is 556. The molecule has 0 saturated carbocycles. The Morgan fingerprint density at radius 2 is 2.23 bits per heavy atom. The van der Waals surface area contributed by atoms with E-state index in [0.29, 0.717) is 13.0 Å². The number of urea groups is 1. The van der Waals surface area contributed by atoms with Gasteiger partial charge in [-0.25, -0.2) is 4.79 Å². The van der Waals surface area contributed by atoms with Gasteiger partial charge in [-0.1, -0.05) is 0 Å². The zero-order valence-electron chi connectivity index (χ0n) is 13.1. The van der Waals surface area contributed by atoms with E-state index in [4.69, 9.17) is 0 Å². The summed E-state index contributed by atoms with van der Waals surface area (Å²) in [5.74, 6) is -0.0650. The molecule has 1 spiro atoms. The van der Waals surface area contributed by atoms with Crippen molar-refractivity contribution in [2.45, 2.75) is 44.7 Å². The van der Waals surface area contributed by atoms with Crippen molar-refractivity contribution in [1.29, 1.82) is 0 Å². The van der Waals surface area contributed by atoms with Crippen LogP contribution in [0.4, 0.5) is 4.79 Å². The van der Waals surface area contributed by atoms with Gasteiger partial charge < -0.3 is 10.2 Å². The summed E-state index contributed by atoms with van der Waals surface area (Å²) in [6.07, 6.45) is 6.44. The van der Waals surface area contributed by atoms with Crippen molar-refractivity contribution < 1.29 is 9.59 Å². The standard InChI is InChI=1S/C15H23N5O2/c1-11(2)20-13(21)15(18-14(20)22)5-7-19(10-15)6-3-4-12-8-16-17-9-12/h8-9,11H,3-7,10H2,1-2H3,(H,16,17)(H,18,22). The Balaban J connectivity index is 1.55. The number of rotatable bonds is 5. The first kappa shape index (κ1) is 15.0. The molecule has 7 heteroatoms. The maximum atomic E-state index is 12.6. The van der Waals surface area contributed by atoms with Gasteiger partial charge in [0.2, 0.25) is 0 Å². The van der Waals surface area contributed by atoms with E-state index in [-0.39, 0.29) is 18.0 Å². The summed E-state index contributed by atoms with van der Waals surface area (Å²) >= 11 is 0. The minimum Gasteiger partial charge on any atom is -0.322 e. The number of likely N-dealkylation sites (tertiary alicyclic amines) is 1. The average molecular weight is 305 g/mol. The molecule has 3 heterocycles. The first-order valence-corrected chi connectivity index (χ1v) is 7.88. The molecule has 0 aliphatic carbocycles. The zero-order chi connectivity index (χ0) is 15.7. The van der Waals surface area contributed by atoms with E-state index in [1.165, 1.54) is 10.5 Å². The predicted octanol–water partition coefficient (Wildman–Crippen LogP) is 0.747. The van der Waals surface area contributed by atoms with Crippen molar-refractivity contribution in [3.8, 4) is 0 Å². The molecule has 0 bridgehead atoms. The Morgan fingerprint density at radius 1 is 1.41 bits per heavy atom. The minimum absolute atomic E-state index is 0.0650. The Kier molecular flexibility index (Phi) is 3.90. The fourth-order valence-corrected chi connectivity index (χ4v) is 3.39. The van der Waals surface area contributed by atoms with E-state index in [1.54, 1.807) is 0 Å². The SMILES string of the molecule is CC(C)N1C(=O)NC2(CCN(CCCc3cn[nH]c3)C2)C1=O. The van der Waals surface area contributed by atoms with Crippen LogP contribution in [0.2, 0.25) is 0 Å². The van der Waals surface area contributed by atoms with Gasteiger partial charge in [-0.3, -0.25) is 14.8 Å². The van der Waals surface area contributed by atoms with E-state index in [1.807, 2.05) is 26.2 Å². The average Bonchev–Trinajstić information content (AvgIpc) is 3.13. The van der Waals surface area contributed by atoms with E-state index in [0.717, 1.165) is 25.9 Å². The van der Waals surface area contributed by atoms with Crippen LogP contribution < -0.4 is 5.32 Å². The van der Waals surface area contributed by atoms with Crippen LogP contribution in [0.3, 0.4) is 0 Å². The van der Waals surface area contributed by atoms with Crippen molar-refractivity contribution in [3.05, 3.63) is 18.0 Å². The van der Waals surface area contributed by atoms with Crippen LogP contribution in [0.25, 0.3) is 0 Å². The quantitative estimate of drug-likeness (QED) is 0.787. The molecule has 2 aliphatic rings. The van der Waals surface area contributed by atoms with E-state index < -0.39 is 5.54 Å². The zero-order valence-corrected chi connectivity index (χ0v) is 13.1. The van der Waals surface area contributed by atoms with Crippen LogP contribution in [0, 0.1) is 0 Å². The fraction of sp³-hybridized carbons (Fsp3) is 0.667. The number of nitrogens with zero attached hydrogens (tertiary/aromatic N) is 3. The molecule has 2 N–H and O–H groups in total. The largest absolute Gasteiger partial charge is 0.325 e. The minimum atomic E-state index is -0.697. The number of hydrogen-bond acceptors (Lipinski definition) is 4. The second kappa shape index (κ2) is 5.72. The molecule has 2 saturated heterocycles. The van der Waals surface area contributed by atoms with Crippen molar-refractivity contribution in [1.82, 2.24) is 25.3 Å². The van der Waals surface area contributed by atoms with Crippen LogP contribution in [-0.2, 0) is 11.2 Å². The lowest BCUT2D eigenvalue weighted by atomic mass is 9.98. The van der Waals surface area contributed by atoms with Gasteiger partial charge in [0.1, 0.15) is 5.54 Å². The molecular formula is C15H23N5O2. The number of aromatic amines is 1. The molecule has 0 aromatic carbocycles. The van der Waals surface area contributed by atoms with Crippen molar-refractivity contribution >= 4 is 11.9 Å². The second-order valence-electron chi connectivity index (χ2n) is 6.52. The molecule has 1 aromatic heterocycles. The van der Waals surface area contributed by atoms with Gasteiger partial charge in [0.15, 0.2) is 0 Å². The third-order valence-electron chi connectivity index (χ3n) is 4.55. The molecule has 120 valence electrons. The Labute approximate surface area is 130 Å². The summed E-state index contributed by atoms with van der Waals surface area (Å²) in [5, 5.41) is 9.68. The van der Waals surface area contributed by atoms with E-state index in [9.17, 15) is 9.59 Å². The molecule has 22 heavy (non-hydrogen) atoms. The normalized spacial score (nSPS) is 25.7. The molecule has 0 radical (unpaired) electrons. The van der Waals surface area contributed by atoms with Gasteiger partial charge >= 0.3 is 6.03 Å². The van der Waals surface area contributed by atoms with Crippen LogP contribution >= 0.6 is 0 Å². The van der Waals surface area contributed by atoms with Crippen LogP contribution in [0.1, 0.15) is 32.3 Å². The van der Waals surface area contributed by atoms with Gasteiger partial charge in [-0.2, -0.15) is 5.10 Å². The molecule has 1 unspecified atom stereocenters. The highest BCUT2D eigenvalue weighted by molar-refractivity contribution is 6.07. The van der Waals surface area contributed by atoms with Gasteiger partial charge in [-0.05, 0) is 45.2 Å². The number of imide groups is 1. The number of aryl methyl sites for hydroxylation is 1. The summed E-state index contributed by atoms with van der Waals surface area (Å²) in [4.78, 5) is 28.2. The van der Waals surface area contributed by atoms with Crippen molar-refractivity contribution in [2.24, 2.45) is 0 Å². The monoisotopic (exact) mass is 305 g/mol. The third kappa shape index (κ3) is 2.61. The molecule has 3 rings (SSSR count). The molecular weight excluding hydrogens is 282 g/mol. The Hall–Kier alpha value is -1.89. The van der Waals surface area contributed by atoms with Crippen molar-refractivity contribution in [3.63, 3.8) is 0 Å². The molecule has 1 atom stereocenters. The molecule has 1 aromatic rings. The summed E-state index contributed by atoms with van der Waals surface area (Å²) in [5.41, 5.74) is 0.502. The third-order valence-corrected chi connectivity index (χ3v) is 4.55. The first-order valence-electron chi connectivity index (χ1n) is 7.88. The van der Waals surface area contributed by atoms with Crippen LogP contribution in [0.15, 0.2) is 12.4 Å². The number of amides is 3. The summed E-state index contributed by atoms with van der Waals surface area (Å²) < 4.78 is 0. The van der Waals surface area contributed by atoms with Crippen molar-refractivity contribution in [2.75, 3.05) is 19.6 Å². The van der Waals surface area contributed by atoms with Gasteiger partial charge in [0.25, 0.3) is 5.91 Å². The topological polar surface area (TPSA) is 81.3 Å². The molecule has 2 aliphatic heterocycles. The maximum absolute atomic E-state index is 12.6. The van der Waals surface area contributed by atoms with Gasteiger partial charge in [0.05, 0.1) is 6.20 Å². The molecule has 7 nitrogen and oxygen atoms in total. The fourth-order valence-electron chi connectivity index (χ4n) is 3.39. The number of carbonyl (C=O) groups is 2. The first-order chi connectivity index (χ1) is 10.5. The maximum Gasteiger partial charge on any atom is 0.325 e. The highest BCUT2D eigenvalue weighted by Gasteiger charge is 2.54. The Morgan fingerprint density at radius 3 is 2.86 bits per heavy atom. The lowest BCUT2D eigenvalue weighted by Crippen LogP contribution is -2.49. The van der Waals surface area contributed by atoms with Crippen LogP contribution in [-0.4, -0.2) is 63.2 Å². The smallest absolute Gasteiger partial charge is 0.322 e. The molecule has 3 amide bonds. The number of hydrogen-bond donors (Lipinski definition) is 2. The number of H-pyrrole nitrogens is 1. The summed E-state index contributed by atoms with van der Waals surface area (Å²) in [6.45, 7) is 6.13. The highest BCUT2D eigenvalue weighted by Crippen LogP contribution is 2.29. The predicted molar refractivity (Wildman–Crippen MR) is 81.2 cm³/mol. The van der Waals surface area contributed by atoms with E-state index in [2.05, 4.69) is 20.4 Å². The summed E-state index contributed by atoms with van der Waals surface area (Å²) in [7, 11) is 0. The van der Waals surface area contributed by atoms with Gasteiger partial charge in [0, 0.05) is 25.3 Å². The van der Waals surface area contributed by atoms with Gasteiger partial charge in [-0.15, -0.1) is 0 Å². The second-order valence-corrected chi connectivity index (χ2v) is 6.52. The highest BCUT2D eigenvalue weighted by atomic mass is 16.2. The number of nitrogens with one attached hydrogen (secondary N) is 2. The molecule has 2 fully saturated rings. The lowest BCUT2D eigenvalue weighted by molar-refractivity contribution is -0.132. The van der Waals surface area contributed by atoms with Crippen LogP contribution in [0.5, 0.6) is 0 Å². The number of carbonyl (C=O) groups excluding carboxylic acids is 2. The summed E-state index contributed by atoms with van der Waals surface area (Å²) in [6, 6.07) is -0.345.